The van der Waals surface area contributed by atoms with E-state index in [0.717, 1.165) is 43.3 Å². The lowest BCUT2D eigenvalue weighted by molar-refractivity contribution is 0.0586. The first-order valence-electron chi connectivity index (χ1n) is 8.77. The van der Waals surface area contributed by atoms with Gasteiger partial charge in [-0.05, 0) is 42.7 Å². The fraction of sp³-hybridized carbons (Fsp3) is 0.611. The summed E-state index contributed by atoms with van der Waals surface area (Å²) in [7, 11) is 12.8. The van der Waals surface area contributed by atoms with Crippen LogP contribution in [0.1, 0.15) is 44.0 Å². The van der Waals surface area contributed by atoms with Crippen LogP contribution in [0, 0.1) is 5.92 Å². The molecule has 0 spiro atoms. The van der Waals surface area contributed by atoms with Crippen LogP contribution in [0.15, 0.2) is 24.8 Å². The number of pyridine rings is 1. The van der Waals surface area contributed by atoms with Gasteiger partial charge in [-0.15, -0.1) is 0 Å². The highest BCUT2D eigenvalue weighted by Gasteiger charge is 2.37. The average Bonchev–Trinajstić information content (AvgIpc) is 3.04. The number of hydrogen-bond acceptors (Lipinski definition) is 3. The molecule has 0 bridgehead atoms. The second-order valence-corrected chi connectivity index (χ2v) is 6.93. The van der Waals surface area contributed by atoms with Crippen LogP contribution >= 0.6 is 0 Å². The lowest BCUT2D eigenvalue weighted by Crippen LogP contribution is -2.59. The van der Waals surface area contributed by atoms with Crippen molar-refractivity contribution in [1.82, 2.24) is 14.8 Å². The van der Waals surface area contributed by atoms with Gasteiger partial charge in [0, 0.05) is 31.9 Å². The van der Waals surface area contributed by atoms with Crippen molar-refractivity contribution in [3.05, 3.63) is 36.2 Å². The Balaban J connectivity index is 1.72. The molecule has 2 aliphatic rings. The van der Waals surface area contributed by atoms with E-state index in [2.05, 4.69) is 23.3 Å². The van der Waals surface area contributed by atoms with E-state index in [1.807, 2.05) is 18.2 Å². The molecule has 2 fully saturated rings. The lowest BCUT2D eigenvalue weighted by Gasteiger charge is -2.50. The van der Waals surface area contributed by atoms with E-state index in [1.54, 1.807) is 0 Å². The highest BCUT2D eigenvalue weighted by molar-refractivity contribution is 6.39. The van der Waals surface area contributed by atoms with Gasteiger partial charge in [-0.1, -0.05) is 26.0 Å². The van der Waals surface area contributed by atoms with Crippen molar-refractivity contribution >= 4 is 21.4 Å². The molecule has 0 atom stereocenters. The van der Waals surface area contributed by atoms with Gasteiger partial charge >= 0.3 is 0 Å². The Morgan fingerprint density at radius 3 is 2.65 bits per heavy atom. The van der Waals surface area contributed by atoms with E-state index < -0.39 is 5.34 Å². The van der Waals surface area contributed by atoms with Crippen LogP contribution in [-0.4, -0.2) is 56.7 Å². The second-order valence-electron chi connectivity index (χ2n) is 6.93. The van der Waals surface area contributed by atoms with Crippen LogP contribution in [0.2, 0.25) is 0 Å². The van der Waals surface area contributed by atoms with Gasteiger partial charge in [-0.25, -0.2) is 0 Å². The molecule has 3 heterocycles. The third-order valence-corrected chi connectivity index (χ3v) is 5.12. The van der Waals surface area contributed by atoms with Crippen LogP contribution in [-0.2, 0) is 5.34 Å². The van der Waals surface area contributed by atoms with Gasteiger partial charge in [0.2, 0.25) is 0 Å². The summed E-state index contributed by atoms with van der Waals surface area (Å²) in [5.74, 6) is 0.717. The first-order valence-corrected chi connectivity index (χ1v) is 8.77. The molecule has 3 rings (SSSR count). The minimum Gasteiger partial charge on any atom is -0.370 e. The maximum Gasteiger partial charge on any atom is 0.0909 e. The number of hydrogen-bond donors (Lipinski definition) is 0. The molecule has 0 aliphatic carbocycles. The number of aromatic nitrogens is 1. The standard InChI is InChI=1S/C18H25B2N3/c1-3-7-15-12-23(13-15)18(19,20)17-9-6-8-16(21-17)14(2)22-10-4-5-11-22/h6,8-9,15H,2-5,7,10-13H2,1H3. The number of nitrogens with zero attached hydrogens (tertiary/aromatic N) is 3. The van der Waals surface area contributed by atoms with Crippen LogP contribution in [0.25, 0.3) is 5.70 Å². The van der Waals surface area contributed by atoms with E-state index in [-0.39, 0.29) is 0 Å². The third-order valence-electron chi connectivity index (χ3n) is 5.12. The number of rotatable bonds is 6. The molecule has 0 amide bonds. The van der Waals surface area contributed by atoms with Crippen molar-refractivity contribution in [2.45, 2.75) is 37.9 Å². The van der Waals surface area contributed by atoms with Crippen molar-refractivity contribution in [1.29, 1.82) is 0 Å². The minimum absolute atomic E-state index is 0.717. The first-order chi connectivity index (χ1) is 11.0. The highest BCUT2D eigenvalue weighted by atomic mass is 15.2. The topological polar surface area (TPSA) is 19.4 Å². The van der Waals surface area contributed by atoms with E-state index in [1.165, 1.54) is 25.7 Å². The van der Waals surface area contributed by atoms with Gasteiger partial charge in [0.1, 0.15) is 0 Å². The lowest BCUT2D eigenvalue weighted by atomic mass is 9.57. The summed E-state index contributed by atoms with van der Waals surface area (Å²) in [5, 5.41) is -0.995. The molecule has 1 aromatic rings. The van der Waals surface area contributed by atoms with Crippen molar-refractivity contribution in [3.63, 3.8) is 0 Å². The summed E-state index contributed by atoms with van der Waals surface area (Å²) in [6.07, 6.45) is 4.90. The molecule has 0 saturated carbocycles. The third kappa shape index (κ3) is 3.35. The summed E-state index contributed by atoms with van der Waals surface area (Å²) < 4.78 is 0. The second kappa shape index (κ2) is 6.72. The minimum atomic E-state index is -0.995. The molecule has 4 radical (unpaired) electrons. The van der Waals surface area contributed by atoms with Gasteiger partial charge in [-0.3, -0.25) is 4.98 Å². The predicted molar refractivity (Wildman–Crippen MR) is 97.2 cm³/mol. The van der Waals surface area contributed by atoms with Crippen molar-refractivity contribution in [2.24, 2.45) is 5.92 Å². The Hall–Kier alpha value is -1.22. The van der Waals surface area contributed by atoms with E-state index in [4.69, 9.17) is 20.7 Å². The van der Waals surface area contributed by atoms with Gasteiger partial charge in [0.05, 0.1) is 27.1 Å². The Labute approximate surface area is 143 Å². The maximum atomic E-state index is 6.42. The zero-order chi connectivity index (χ0) is 16.4. The summed E-state index contributed by atoms with van der Waals surface area (Å²) in [4.78, 5) is 9.15. The van der Waals surface area contributed by atoms with Crippen LogP contribution in [0.3, 0.4) is 0 Å². The summed E-state index contributed by atoms with van der Waals surface area (Å²) in [6.45, 7) is 10.5. The summed E-state index contributed by atoms with van der Waals surface area (Å²) in [5.41, 5.74) is 2.59. The molecule has 23 heavy (non-hydrogen) atoms. The molecule has 0 unspecified atom stereocenters. The molecule has 1 aromatic heterocycles. The molecular formula is C18H25B2N3. The largest absolute Gasteiger partial charge is 0.370 e. The van der Waals surface area contributed by atoms with Gasteiger partial charge < -0.3 is 9.80 Å². The molecule has 2 aliphatic heterocycles. The Morgan fingerprint density at radius 2 is 2.00 bits per heavy atom. The molecule has 3 nitrogen and oxygen atoms in total. The number of likely N-dealkylation sites (tertiary alicyclic amines) is 2. The van der Waals surface area contributed by atoms with E-state index in [0.29, 0.717) is 5.92 Å². The smallest absolute Gasteiger partial charge is 0.0909 e. The molecule has 0 aromatic carbocycles. The first kappa shape index (κ1) is 16.6. The SMILES string of the molecule is [B]C([B])(c1cccc(C(=C)N2CCCC2)n1)N1CC(CCC)C1. The fourth-order valence-electron chi connectivity index (χ4n) is 3.59. The monoisotopic (exact) mass is 305 g/mol. The zero-order valence-corrected chi connectivity index (χ0v) is 14.2. The van der Waals surface area contributed by atoms with Crippen molar-refractivity contribution in [2.75, 3.05) is 26.2 Å². The normalized spacial score (nSPS) is 19.8. The Morgan fingerprint density at radius 1 is 1.30 bits per heavy atom. The fourth-order valence-corrected chi connectivity index (χ4v) is 3.59. The summed E-state index contributed by atoms with van der Waals surface area (Å²) in [6, 6.07) is 5.90. The molecule has 5 heteroatoms. The van der Waals surface area contributed by atoms with E-state index >= 15 is 0 Å². The quantitative estimate of drug-likeness (QED) is 0.752. The average molecular weight is 305 g/mol. The molecule has 118 valence electrons. The summed E-state index contributed by atoms with van der Waals surface area (Å²) >= 11 is 0. The van der Waals surface area contributed by atoms with Crippen LogP contribution in [0.4, 0.5) is 0 Å². The zero-order valence-electron chi connectivity index (χ0n) is 14.2. The van der Waals surface area contributed by atoms with Crippen LogP contribution < -0.4 is 0 Å². The molecule has 2 saturated heterocycles. The van der Waals surface area contributed by atoms with Crippen molar-refractivity contribution < 1.29 is 0 Å². The van der Waals surface area contributed by atoms with Gasteiger partial charge in [0.15, 0.2) is 0 Å². The Bertz CT molecular complexity index is 561. The Kier molecular flexibility index (Phi) is 4.86. The maximum absolute atomic E-state index is 6.42. The van der Waals surface area contributed by atoms with Crippen molar-refractivity contribution in [3.8, 4) is 0 Å². The van der Waals surface area contributed by atoms with E-state index in [9.17, 15) is 0 Å². The molecular weight excluding hydrogens is 280 g/mol. The molecule has 0 N–H and O–H groups in total. The highest BCUT2D eigenvalue weighted by Crippen LogP contribution is 2.31. The van der Waals surface area contributed by atoms with Gasteiger partial charge in [0.25, 0.3) is 0 Å². The predicted octanol–water partition coefficient (Wildman–Crippen LogP) is 2.33. The van der Waals surface area contributed by atoms with Gasteiger partial charge in [-0.2, -0.15) is 0 Å². The van der Waals surface area contributed by atoms with Crippen LogP contribution in [0.5, 0.6) is 0 Å².